The average Bonchev–Trinajstić information content (AvgIpc) is 2.79. The molecule has 6 nitrogen and oxygen atoms in total. The van der Waals surface area contributed by atoms with Crippen molar-refractivity contribution in [2.75, 3.05) is 31.5 Å². The zero-order valence-corrected chi connectivity index (χ0v) is 16.7. The molecule has 1 N–H and O–H groups in total. The molecule has 0 aliphatic carbocycles. The smallest absolute Gasteiger partial charge is 0.253 e. The summed E-state index contributed by atoms with van der Waals surface area (Å²) in [6, 6.07) is 14.7. The van der Waals surface area contributed by atoms with E-state index in [0.29, 0.717) is 31.7 Å². The maximum Gasteiger partial charge on any atom is 0.253 e. The second-order valence-electron chi connectivity index (χ2n) is 7.38. The topological polar surface area (TPSA) is 65.5 Å². The molecule has 0 spiro atoms. The number of nitrogens with one attached hydrogen (secondary N) is 1. The SMILES string of the molecule is C[C@@H](C(=O)Nc1cccc2ncccc12)N1CCN(C(=O)c2ccc(F)cc2)CC1. The Morgan fingerprint density at radius 2 is 1.73 bits per heavy atom. The van der Waals surface area contributed by atoms with Gasteiger partial charge in [0.15, 0.2) is 0 Å². The summed E-state index contributed by atoms with van der Waals surface area (Å²) in [5.41, 5.74) is 2.04. The van der Waals surface area contributed by atoms with Gasteiger partial charge in [-0.25, -0.2) is 4.39 Å². The molecule has 1 atom stereocenters. The number of aromatic nitrogens is 1. The van der Waals surface area contributed by atoms with Gasteiger partial charge in [0.1, 0.15) is 5.82 Å². The number of benzene rings is 2. The third-order valence-corrected chi connectivity index (χ3v) is 5.52. The van der Waals surface area contributed by atoms with Crippen LogP contribution in [0.5, 0.6) is 0 Å². The van der Waals surface area contributed by atoms with Crippen LogP contribution in [-0.2, 0) is 4.79 Å². The van der Waals surface area contributed by atoms with Crippen LogP contribution in [0.25, 0.3) is 10.9 Å². The van der Waals surface area contributed by atoms with E-state index >= 15 is 0 Å². The van der Waals surface area contributed by atoms with E-state index in [0.717, 1.165) is 16.6 Å². The quantitative estimate of drug-likeness (QED) is 0.723. The monoisotopic (exact) mass is 406 g/mol. The van der Waals surface area contributed by atoms with Crippen LogP contribution in [0.1, 0.15) is 17.3 Å². The van der Waals surface area contributed by atoms with Crippen molar-refractivity contribution in [3.8, 4) is 0 Å². The molecule has 1 aliphatic rings. The Bertz CT molecular complexity index is 1060. The number of hydrogen-bond acceptors (Lipinski definition) is 4. The van der Waals surface area contributed by atoms with Gasteiger partial charge in [-0.2, -0.15) is 0 Å². The molecule has 2 heterocycles. The average molecular weight is 406 g/mol. The van der Waals surface area contributed by atoms with Gasteiger partial charge < -0.3 is 10.2 Å². The van der Waals surface area contributed by atoms with Crippen molar-refractivity contribution in [3.05, 3.63) is 72.2 Å². The number of rotatable bonds is 4. The summed E-state index contributed by atoms with van der Waals surface area (Å²) in [4.78, 5) is 33.5. The summed E-state index contributed by atoms with van der Waals surface area (Å²) in [6.45, 7) is 4.10. The van der Waals surface area contributed by atoms with E-state index in [4.69, 9.17) is 0 Å². The number of halogens is 1. The fourth-order valence-electron chi connectivity index (χ4n) is 3.70. The first kappa shape index (κ1) is 20.0. The molecule has 0 unspecified atom stereocenters. The molecule has 0 saturated carbocycles. The molecule has 0 radical (unpaired) electrons. The highest BCUT2D eigenvalue weighted by Gasteiger charge is 2.28. The lowest BCUT2D eigenvalue weighted by Crippen LogP contribution is -2.54. The Kier molecular flexibility index (Phi) is 5.72. The van der Waals surface area contributed by atoms with Gasteiger partial charge in [-0.05, 0) is 55.5 Å². The Balaban J connectivity index is 1.36. The van der Waals surface area contributed by atoms with Gasteiger partial charge in [0.2, 0.25) is 5.91 Å². The molecule has 154 valence electrons. The van der Waals surface area contributed by atoms with E-state index in [9.17, 15) is 14.0 Å². The van der Waals surface area contributed by atoms with E-state index in [1.807, 2.05) is 37.3 Å². The number of pyridine rings is 1. The largest absolute Gasteiger partial charge is 0.336 e. The first-order chi connectivity index (χ1) is 14.5. The standard InChI is InChI=1S/C23H23FN4O2/c1-16(22(29)26-21-6-2-5-20-19(21)4-3-11-25-20)27-12-14-28(15-13-27)23(30)17-7-9-18(24)10-8-17/h2-11,16H,12-15H2,1H3,(H,26,29)/t16-/m0/s1. The second kappa shape index (κ2) is 8.59. The van der Waals surface area contributed by atoms with Crippen LogP contribution in [0.4, 0.5) is 10.1 Å². The Morgan fingerprint density at radius 1 is 1.00 bits per heavy atom. The van der Waals surface area contributed by atoms with Gasteiger partial charge in [0, 0.05) is 43.3 Å². The van der Waals surface area contributed by atoms with E-state index in [2.05, 4.69) is 15.2 Å². The lowest BCUT2D eigenvalue weighted by molar-refractivity contribution is -0.121. The molecular weight excluding hydrogens is 383 g/mol. The number of carbonyl (C=O) groups is 2. The first-order valence-electron chi connectivity index (χ1n) is 9.96. The summed E-state index contributed by atoms with van der Waals surface area (Å²) >= 11 is 0. The zero-order valence-electron chi connectivity index (χ0n) is 16.7. The van der Waals surface area contributed by atoms with Gasteiger partial charge >= 0.3 is 0 Å². The van der Waals surface area contributed by atoms with Crippen molar-refractivity contribution < 1.29 is 14.0 Å². The molecule has 4 rings (SSSR count). The van der Waals surface area contributed by atoms with Crippen LogP contribution in [0, 0.1) is 5.82 Å². The minimum absolute atomic E-state index is 0.0929. The summed E-state index contributed by atoms with van der Waals surface area (Å²) in [6.07, 6.45) is 1.73. The summed E-state index contributed by atoms with van der Waals surface area (Å²) < 4.78 is 13.1. The minimum Gasteiger partial charge on any atom is -0.336 e. The van der Waals surface area contributed by atoms with E-state index in [-0.39, 0.29) is 23.7 Å². The first-order valence-corrected chi connectivity index (χ1v) is 9.96. The molecule has 1 fully saturated rings. The molecule has 3 aromatic rings. The highest BCUT2D eigenvalue weighted by atomic mass is 19.1. The zero-order chi connectivity index (χ0) is 21.1. The normalized spacial score (nSPS) is 15.7. The van der Waals surface area contributed by atoms with Crippen LogP contribution in [-0.4, -0.2) is 58.8 Å². The van der Waals surface area contributed by atoms with E-state index in [1.54, 1.807) is 11.1 Å². The Morgan fingerprint density at radius 3 is 2.47 bits per heavy atom. The Labute approximate surface area is 174 Å². The highest BCUT2D eigenvalue weighted by Crippen LogP contribution is 2.22. The van der Waals surface area contributed by atoms with Crippen LogP contribution < -0.4 is 5.32 Å². The number of hydrogen-bond donors (Lipinski definition) is 1. The van der Waals surface area contributed by atoms with Crippen molar-refractivity contribution >= 4 is 28.4 Å². The van der Waals surface area contributed by atoms with Gasteiger partial charge in [-0.1, -0.05) is 6.07 Å². The number of piperazine rings is 1. The summed E-state index contributed by atoms with van der Waals surface area (Å²) in [5.74, 6) is -0.571. The number of nitrogens with zero attached hydrogens (tertiary/aromatic N) is 3. The second-order valence-corrected chi connectivity index (χ2v) is 7.38. The van der Waals surface area contributed by atoms with Crippen molar-refractivity contribution in [1.82, 2.24) is 14.8 Å². The third-order valence-electron chi connectivity index (χ3n) is 5.52. The lowest BCUT2D eigenvalue weighted by atomic mass is 10.1. The highest BCUT2D eigenvalue weighted by molar-refractivity contribution is 6.02. The molecule has 0 bridgehead atoms. The van der Waals surface area contributed by atoms with E-state index in [1.165, 1.54) is 24.3 Å². The minimum atomic E-state index is -0.363. The predicted molar refractivity (Wildman–Crippen MR) is 114 cm³/mol. The molecule has 1 aromatic heterocycles. The fourth-order valence-corrected chi connectivity index (χ4v) is 3.70. The predicted octanol–water partition coefficient (Wildman–Crippen LogP) is 3.16. The molecule has 1 aliphatic heterocycles. The number of anilines is 1. The Hall–Kier alpha value is -3.32. The third kappa shape index (κ3) is 4.16. The maximum atomic E-state index is 13.1. The van der Waals surface area contributed by atoms with Crippen LogP contribution >= 0.6 is 0 Å². The summed E-state index contributed by atoms with van der Waals surface area (Å²) in [5, 5.41) is 3.91. The summed E-state index contributed by atoms with van der Waals surface area (Å²) in [7, 11) is 0. The van der Waals surface area contributed by atoms with Crippen molar-refractivity contribution in [1.29, 1.82) is 0 Å². The van der Waals surface area contributed by atoms with Crippen LogP contribution in [0.3, 0.4) is 0 Å². The van der Waals surface area contributed by atoms with Crippen molar-refractivity contribution in [3.63, 3.8) is 0 Å². The number of fused-ring (bicyclic) bond motifs is 1. The lowest BCUT2D eigenvalue weighted by Gasteiger charge is -2.37. The number of carbonyl (C=O) groups excluding carboxylic acids is 2. The van der Waals surface area contributed by atoms with Gasteiger partial charge in [-0.3, -0.25) is 19.5 Å². The molecule has 1 saturated heterocycles. The van der Waals surface area contributed by atoms with E-state index < -0.39 is 0 Å². The fraction of sp³-hybridized carbons (Fsp3) is 0.261. The molecule has 30 heavy (non-hydrogen) atoms. The van der Waals surface area contributed by atoms with Crippen LogP contribution in [0.15, 0.2) is 60.8 Å². The van der Waals surface area contributed by atoms with Gasteiger partial charge in [0.25, 0.3) is 5.91 Å². The molecular formula is C23H23FN4O2. The van der Waals surface area contributed by atoms with Gasteiger partial charge in [0.05, 0.1) is 17.2 Å². The molecule has 7 heteroatoms. The van der Waals surface area contributed by atoms with Gasteiger partial charge in [-0.15, -0.1) is 0 Å². The molecule has 2 amide bonds. The van der Waals surface area contributed by atoms with Crippen LogP contribution in [0.2, 0.25) is 0 Å². The number of amides is 2. The molecule has 2 aromatic carbocycles. The van der Waals surface area contributed by atoms with Crippen molar-refractivity contribution in [2.45, 2.75) is 13.0 Å². The van der Waals surface area contributed by atoms with Crippen molar-refractivity contribution in [2.24, 2.45) is 0 Å². The maximum absolute atomic E-state index is 13.1.